The molecule has 1 aromatic rings. The van der Waals surface area contributed by atoms with Gasteiger partial charge in [0, 0.05) is 0 Å². The van der Waals surface area contributed by atoms with Gasteiger partial charge in [0.1, 0.15) is 0 Å². The van der Waals surface area contributed by atoms with E-state index in [0.29, 0.717) is 0 Å². The monoisotopic (exact) mass is 312 g/mol. The Labute approximate surface area is 133 Å². The number of imidazole rings is 1. The molecule has 0 aliphatic carbocycles. The molecule has 0 aliphatic heterocycles. The number of unbranched alkanes of at least 4 members (excludes halogenated alkanes) is 2. The summed E-state index contributed by atoms with van der Waals surface area (Å²) in [4.78, 5) is 0. The van der Waals surface area contributed by atoms with Crippen LogP contribution in [0.2, 0.25) is 0 Å². The summed E-state index contributed by atoms with van der Waals surface area (Å²) in [6.45, 7) is 8.28. The Morgan fingerprint density at radius 2 is 1.52 bits per heavy atom. The zero-order valence-electron chi connectivity index (χ0n) is 14.8. The summed E-state index contributed by atoms with van der Waals surface area (Å²) in [5, 5.41) is 0. The van der Waals surface area contributed by atoms with Crippen LogP contribution in [0.3, 0.4) is 0 Å². The van der Waals surface area contributed by atoms with E-state index < -0.39 is 7.26 Å². The van der Waals surface area contributed by atoms with Crippen molar-refractivity contribution in [1.29, 1.82) is 0 Å². The predicted octanol–water partition coefficient (Wildman–Crippen LogP) is 4.26. The Balaban J connectivity index is 2.31. The molecule has 21 heavy (non-hydrogen) atoms. The topological polar surface area (TPSA) is 8.81 Å². The Morgan fingerprint density at radius 3 is 2.00 bits per heavy atom. The summed E-state index contributed by atoms with van der Waals surface area (Å²) in [7, 11) is 1.12. The number of aryl methyl sites for hydroxylation is 2. The summed E-state index contributed by atoms with van der Waals surface area (Å²) in [6.07, 6.45) is 22.0. The molecule has 0 saturated heterocycles. The first kappa shape index (κ1) is 18.7. The van der Waals surface area contributed by atoms with Crippen molar-refractivity contribution in [3.05, 3.63) is 18.7 Å². The Morgan fingerprint density at radius 1 is 0.905 bits per heavy atom. The molecule has 0 saturated carbocycles. The van der Waals surface area contributed by atoms with Gasteiger partial charge in [-0.1, -0.05) is 0 Å². The second kappa shape index (κ2) is 10.4. The van der Waals surface area contributed by atoms with Crippen molar-refractivity contribution in [3.63, 3.8) is 0 Å². The van der Waals surface area contributed by atoms with E-state index in [9.17, 15) is 0 Å². The molecule has 0 aromatic carbocycles. The number of aromatic nitrogens is 2. The average molecular weight is 312 g/mol. The first-order chi connectivity index (χ1) is 10.2. The van der Waals surface area contributed by atoms with Crippen molar-refractivity contribution in [3.8, 4) is 0 Å². The molecular formula is C18H37N2P. The van der Waals surface area contributed by atoms with Crippen LogP contribution in [0.15, 0.2) is 12.5 Å². The number of hydrogen-bond donors (Lipinski definition) is 0. The van der Waals surface area contributed by atoms with Crippen LogP contribution >= 0.6 is 7.26 Å². The Kier molecular flexibility index (Phi) is 9.24. The normalized spacial score (nSPS) is 12.8. The molecule has 2 nitrogen and oxygen atoms in total. The van der Waals surface area contributed by atoms with Crippen LogP contribution in [0.5, 0.6) is 0 Å². The first-order valence-corrected chi connectivity index (χ1v) is 11.9. The summed E-state index contributed by atoms with van der Waals surface area (Å²) >= 11 is 0. The van der Waals surface area contributed by atoms with Crippen LogP contribution in [-0.4, -0.2) is 29.2 Å². The van der Waals surface area contributed by atoms with Crippen LogP contribution < -0.4 is 4.57 Å². The number of rotatable bonds is 12. The molecule has 0 aliphatic rings. The molecule has 0 atom stereocenters. The third-order valence-electron chi connectivity index (χ3n) is 4.70. The van der Waals surface area contributed by atoms with Gasteiger partial charge in [-0.3, -0.25) is 0 Å². The Bertz CT molecular complexity index is 356. The van der Waals surface area contributed by atoms with Crippen LogP contribution in [0, 0.1) is 6.20 Å². The summed E-state index contributed by atoms with van der Waals surface area (Å²) < 4.78 is 4.26. The second-order valence-corrected chi connectivity index (χ2v) is 11.8. The molecule has 0 spiro atoms. The quantitative estimate of drug-likeness (QED) is 0.236. The minimum absolute atomic E-state index is 0.939. The van der Waals surface area contributed by atoms with Gasteiger partial charge in [-0.25, -0.2) is 0 Å². The Hall–Kier alpha value is -0.360. The SMILES string of the molecule is CCC[PH](CCC)(CCC)CCCCC[n+]1[c-]cn(C)c1. The molecule has 0 radical (unpaired) electrons. The molecular weight excluding hydrogens is 275 g/mol. The van der Waals surface area contributed by atoms with E-state index >= 15 is 0 Å². The fourth-order valence-corrected chi connectivity index (χ4v) is 9.56. The molecule has 0 fully saturated rings. The van der Waals surface area contributed by atoms with E-state index in [1.54, 1.807) is 24.6 Å². The third-order valence-corrected chi connectivity index (χ3v) is 10.8. The maximum absolute atomic E-state index is 3.26. The molecule has 0 unspecified atom stereocenters. The second-order valence-electron chi connectivity index (χ2n) is 6.79. The molecule has 124 valence electrons. The van der Waals surface area contributed by atoms with Gasteiger partial charge in [-0.2, -0.15) is 0 Å². The van der Waals surface area contributed by atoms with Gasteiger partial charge in [0.25, 0.3) is 0 Å². The summed E-state index contributed by atoms with van der Waals surface area (Å²) in [5.41, 5.74) is 0. The summed E-state index contributed by atoms with van der Waals surface area (Å²) in [5.74, 6) is 0. The molecule has 1 heterocycles. The van der Waals surface area contributed by atoms with Crippen LogP contribution in [0.4, 0.5) is 0 Å². The van der Waals surface area contributed by atoms with E-state index in [1.807, 2.05) is 6.20 Å². The van der Waals surface area contributed by atoms with E-state index in [2.05, 4.69) is 49.5 Å². The molecule has 1 aromatic heterocycles. The van der Waals surface area contributed by atoms with Crippen LogP contribution in [-0.2, 0) is 13.6 Å². The van der Waals surface area contributed by atoms with E-state index in [1.165, 1.54) is 38.5 Å². The molecule has 0 amide bonds. The van der Waals surface area contributed by atoms with E-state index in [4.69, 9.17) is 0 Å². The predicted molar refractivity (Wildman–Crippen MR) is 97.0 cm³/mol. The molecule has 0 N–H and O–H groups in total. The standard InChI is InChI=1S/C18H37N2P/c1-5-14-21(15-6-2,16-7-3)17-10-8-9-11-20-13-12-19(4)18-20/h12,18,21H,5-11,14-17H2,1-4H3. The van der Waals surface area contributed by atoms with Gasteiger partial charge in [-0.15, -0.1) is 0 Å². The average Bonchev–Trinajstić information content (AvgIpc) is 2.85. The first-order valence-electron chi connectivity index (χ1n) is 9.09. The maximum atomic E-state index is 3.26. The molecule has 1 rings (SSSR count). The fourth-order valence-electron chi connectivity index (χ4n) is 3.87. The van der Waals surface area contributed by atoms with Crippen molar-refractivity contribution in [2.75, 3.05) is 24.6 Å². The fraction of sp³-hybridized carbons (Fsp3) is 0.833. The summed E-state index contributed by atoms with van der Waals surface area (Å²) in [6, 6.07) is 0. The van der Waals surface area contributed by atoms with E-state index in [-0.39, 0.29) is 0 Å². The molecule has 0 bridgehead atoms. The third kappa shape index (κ3) is 6.96. The molecule has 3 heteroatoms. The number of nitrogens with zero attached hydrogens (tertiary/aromatic N) is 2. The van der Waals surface area contributed by atoms with E-state index in [0.717, 1.165) is 6.54 Å². The van der Waals surface area contributed by atoms with Crippen molar-refractivity contribution >= 4 is 7.26 Å². The zero-order valence-corrected chi connectivity index (χ0v) is 15.8. The van der Waals surface area contributed by atoms with Crippen LogP contribution in [0.1, 0.15) is 59.3 Å². The minimum atomic E-state index is -0.939. The van der Waals surface area contributed by atoms with Gasteiger partial charge in [0.2, 0.25) is 0 Å². The van der Waals surface area contributed by atoms with Crippen molar-refractivity contribution in [2.45, 2.75) is 65.8 Å². The zero-order chi connectivity index (χ0) is 15.6. The van der Waals surface area contributed by atoms with Crippen molar-refractivity contribution < 1.29 is 4.57 Å². The van der Waals surface area contributed by atoms with Gasteiger partial charge in [0.15, 0.2) is 0 Å². The van der Waals surface area contributed by atoms with Crippen molar-refractivity contribution in [1.82, 2.24) is 4.57 Å². The van der Waals surface area contributed by atoms with Gasteiger partial charge < -0.3 is 0 Å². The number of hydrogen-bond acceptors (Lipinski definition) is 0. The van der Waals surface area contributed by atoms with Crippen molar-refractivity contribution in [2.24, 2.45) is 7.05 Å². The van der Waals surface area contributed by atoms with Gasteiger partial charge >= 0.3 is 133 Å². The van der Waals surface area contributed by atoms with Gasteiger partial charge in [-0.05, 0) is 0 Å². The van der Waals surface area contributed by atoms with Crippen LogP contribution in [0.25, 0.3) is 0 Å². The van der Waals surface area contributed by atoms with Gasteiger partial charge in [0.05, 0.1) is 0 Å².